The molecule has 2 amide bonds. The highest BCUT2D eigenvalue weighted by Crippen LogP contribution is 2.14. The number of hydrogen-bond acceptors (Lipinski definition) is 4. The van der Waals surface area contributed by atoms with E-state index in [0.29, 0.717) is 49.5 Å². The van der Waals surface area contributed by atoms with Gasteiger partial charge in [-0.15, -0.1) is 12.4 Å². The maximum atomic E-state index is 13.3. The Morgan fingerprint density at radius 3 is 2.27 bits per heavy atom. The van der Waals surface area contributed by atoms with Crippen molar-refractivity contribution in [2.45, 2.75) is 13.0 Å². The molecular formula is C18H21ClFN3O3. The van der Waals surface area contributed by atoms with Gasteiger partial charge in [-0.2, -0.15) is 0 Å². The van der Waals surface area contributed by atoms with Gasteiger partial charge in [0.25, 0.3) is 11.8 Å². The van der Waals surface area contributed by atoms with Crippen LogP contribution in [0.1, 0.15) is 32.9 Å². The molecule has 1 saturated heterocycles. The van der Waals surface area contributed by atoms with Gasteiger partial charge < -0.3 is 20.0 Å². The Morgan fingerprint density at radius 2 is 1.69 bits per heavy atom. The van der Waals surface area contributed by atoms with Crippen LogP contribution in [0.3, 0.4) is 0 Å². The molecule has 0 spiro atoms. The van der Waals surface area contributed by atoms with Gasteiger partial charge >= 0.3 is 0 Å². The van der Waals surface area contributed by atoms with Crippen LogP contribution in [0, 0.1) is 5.82 Å². The van der Waals surface area contributed by atoms with Crippen LogP contribution < -0.4 is 5.73 Å². The minimum Gasteiger partial charge on any atom is -0.467 e. The summed E-state index contributed by atoms with van der Waals surface area (Å²) in [6.45, 7) is 2.14. The highest BCUT2D eigenvalue weighted by Gasteiger charge is 2.24. The predicted molar refractivity (Wildman–Crippen MR) is 96.7 cm³/mol. The van der Waals surface area contributed by atoms with Gasteiger partial charge in [-0.05, 0) is 30.7 Å². The van der Waals surface area contributed by atoms with Crippen molar-refractivity contribution in [3.8, 4) is 0 Å². The predicted octanol–water partition coefficient (Wildman–Crippen LogP) is 2.29. The Kier molecular flexibility index (Phi) is 6.76. The number of carbonyl (C=O) groups excluding carboxylic acids is 2. The summed E-state index contributed by atoms with van der Waals surface area (Å²) in [5, 5.41) is 0. The molecule has 0 radical (unpaired) electrons. The van der Waals surface area contributed by atoms with Crippen molar-refractivity contribution < 1.29 is 18.4 Å². The first-order valence-corrected chi connectivity index (χ1v) is 8.20. The summed E-state index contributed by atoms with van der Waals surface area (Å²) in [4.78, 5) is 28.4. The lowest BCUT2D eigenvalue weighted by molar-refractivity contribution is 0.0718. The fourth-order valence-electron chi connectivity index (χ4n) is 2.91. The first-order valence-electron chi connectivity index (χ1n) is 8.20. The topological polar surface area (TPSA) is 79.8 Å². The van der Waals surface area contributed by atoms with E-state index >= 15 is 0 Å². The zero-order chi connectivity index (χ0) is 17.8. The Bertz CT molecular complexity index is 781. The van der Waals surface area contributed by atoms with Crippen molar-refractivity contribution in [2.75, 3.05) is 26.2 Å². The molecule has 2 heterocycles. The summed E-state index contributed by atoms with van der Waals surface area (Å²) in [6.07, 6.45) is 2.07. The normalized spacial score (nSPS) is 14.5. The van der Waals surface area contributed by atoms with Gasteiger partial charge in [0.15, 0.2) is 0 Å². The molecule has 1 aliphatic rings. The molecular weight excluding hydrogens is 361 g/mol. The SMILES string of the molecule is Cl.NCc1cc(C(=O)N2CCCN(C(=O)c3cccc(F)c3)CC2)co1. The van der Waals surface area contributed by atoms with Crippen molar-refractivity contribution >= 4 is 24.2 Å². The Labute approximate surface area is 157 Å². The van der Waals surface area contributed by atoms with Crippen molar-refractivity contribution in [1.29, 1.82) is 0 Å². The van der Waals surface area contributed by atoms with Crippen LogP contribution in [-0.4, -0.2) is 47.8 Å². The van der Waals surface area contributed by atoms with E-state index in [-0.39, 0.29) is 30.8 Å². The Morgan fingerprint density at radius 1 is 1.04 bits per heavy atom. The molecule has 2 N–H and O–H groups in total. The Hall–Kier alpha value is -2.38. The first-order chi connectivity index (χ1) is 12.1. The molecule has 1 aliphatic heterocycles. The lowest BCUT2D eigenvalue weighted by Crippen LogP contribution is -2.37. The van der Waals surface area contributed by atoms with Gasteiger partial charge in [0, 0.05) is 31.7 Å². The second-order valence-electron chi connectivity index (χ2n) is 5.95. The number of nitrogens with zero attached hydrogens (tertiary/aromatic N) is 2. The van der Waals surface area contributed by atoms with E-state index < -0.39 is 5.82 Å². The third-order valence-corrected chi connectivity index (χ3v) is 4.24. The molecule has 2 aromatic rings. The highest BCUT2D eigenvalue weighted by molar-refractivity contribution is 5.95. The van der Waals surface area contributed by atoms with Gasteiger partial charge in [-0.3, -0.25) is 9.59 Å². The number of carbonyl (C=O) groups is 2. The average molecular weight is 382 g/mol. The average Bonchev–Trinajstić information content (AvgIpc) is 2.97. The fraction of sp³-hybridized carbons (Fsp3) is 0.333. The van der Waals surface area contributed by atoms with Crippen LogP contribution in [0.15, 0.2) is 41.0 Å². The molecule has 26 heavy (non-hydrogen) atoms. The van der Waals surface area contributed by atoms with E-state index in [1.54, 1.807) is 21.9 Å². The maximum absolute atomic E-state index is 13.3. The van der Waals surface area contributed by atoms with Gasteiger partial charge in [0.05, 0.1) is 12.1 Å². The lowest BCUT2D eigenvalue weighted by Gasteiger charge is -2.22. The highest BCUT2D eigenvalue weighted by atomic mass is 35.5. The van der Waals surface area contributed by atoms with Crippen molar-refractivity contribution in [2.24, 2.45) is 5.73 Å². The zero-order valence-electron chi connectivity index (χ0n) is 14.2. The third kappa shape index (κ3) is 4.42. The van der Waals surface area contributed by atoms with Crippen LogP contribution in [-0.2, 0) is 6.54 Å². The van der Waals surface area contributed by atoms with Crippen LogP contribution in [0.2, 0.25) is 0 Å². The number of hydrogen-bond donors (Lipinski definition) is 1. The summed E-state index contributed by atoms with van der Waals surface area (Å²) in [7, 11) is 0. The number of benzene rings is 1. The smallest absolute Gasteiger partial charge is 0.257 e. The molecule has 0 atom stereocenters. The van der Waals surface area contributed by atoms with E-state index in [1.807, 2.05) is 0 Å². The molecule has 0 saturated carbocycles. The largest absolute Gasteiger partial charge is 0.467 e. The molecule has 1 aromatic heterocycles. The molecule has 0 bridgehead atoms. The van der Waals surface area contributed by atoms with E-state index in [4.69, 9.17) is 10.2 Å². The van der Waals surface area contributed by atoms with Crippen molar-refractivity contribution in [3.05, 3.63) is 59.3 Å². The second kappa shape index (κ2) is 8.82. The van der Waals surface area contributed by atoms with E-state index in [1.165, 1.54) is 24.5 Å². The van der Waals surface area contributed by atoms with Crippen LogP contribution >= 0.6 is 12.4 Å². The maximum Gasteiger partial charge on any atom is 0.257 e. The monoisotopic (exact) mass is 381 g/mol. The van der Waals surface area contributed by atoms with Crippen LogP contribution in [0.25, 0.3) is 0 Å². The minimum absolute atomic E-state index is 0. The third-order valence-electron chi connectivity index (χ3n) is 4.24. The van der Waals surface area contributed by atoms with E-state index in [0.717, 1.165) is 0 Å². The van der Waals surface area contributed by atoms with Gasteiger partial charge in [-0.1, -0.05) is 6.07 Å². The standard InChI is InChI=1S/C18H20FN3O3.ClH/c19-15-4-1-3-13(9-15)17(23)21-5-2-6-22(8-7-21)18(24)14-10-16(11-20)25-12-14;/h1,3-4,9-10,12H,2,5-8,11,20H2;1H. The summed E-state index contributed by atoms with van der Waals surface area (Å²) >= 11 is 0. The summed E-state index contributed by atoms with van der Waals surface area (Å²) in [5.74, 6) is -0.236. The fourth-order valence-corrected chi connectivity index (χ4v) is 2.91. The minimum atomic E-state index is -0.437. The number of amides is 2. The number of nitrogens with two attached hydrogens (primary N) is 1. The number of halogens is 2. The van der Waals surface area contributed by atoms with Crippen LogP contribution in [0.4, 0.5) is 4.39 Å². The molecule has 3 rings (SSSR count). The zero-order valence-corrected chi connectivity index (χ0v) is 15.0. The van der Waals surface area contributed by atoms with Crippen LogP contribution in [0.5, 0.6) is 0 Å². The van der Waals surface area contributed by atoms with Crippen molar-refractivity contribution in [1.82, 2.24) is 9.80 Å². The molecule has 1 aromatic carbocycles. The second-order valence-corrected chi connectivity index (χ2v) is 5.95. The quantitative estimate of drug-likeness (QED) is 0.884. The molecule has 6 nitrogen and oxygen atoms in total. The van der Waals surface area contributed by atoms with Crippen molar-refractivity contribution in [3.63, 3.8) is 0 Å². The molecule has 140 valence electrons. The summed E-state index contributed by atoms with van der Waals surface area (Å²) < 4.78 is 18.5. The van der Waals surface area contributed by atoms with Gasteiger partial charge in [0.2, 0.25) is 0 Å². The van der Waals surface area contributed by atoms with Gasteiger partial charge in [-0.25, -0.2) is 4.39 Å². The Balaban J connectivity index is 0.00000243. The number of rotatable bonds is 3. The number of furan rings is 1. The molecule has 1 fully saturated rings. The molecule has 8 heteroatoms. The molecule has 0 aliphatic carbocycles. The van der Waals surface area contributed by atoms with E-state index in [9.17, 15) is 14.0 Å². The first kappa shape index (κ1) is 19.9. The molecule has 0 unspecified atom stereocenters. The summed E-state index contributed by atoms with van der Waals surface area (Å²) in [6, 6.07) is 7.29. The van der Waals surface area contributed by atoms with Gasteiger partial charge in [0.1, 0.15) is 17.8 Å². The summed E-state index contributed by atoms with van der Waals surface area (Å²) in [5.41, 5.74) is 6.28. The van der Waals surface area contributed by atoms with E-state index in [2.05, 4.69) is 0 Å². The lowest BCUT2D eigenvalue weighted by atomic mass is 10.2.